The molecule has 0 atom stereocenters. The molecule has 2 N–H and O–H groups in total. The average molecular weight is 304 g/mol. The number of carbonyl (C=O) groups excluding carboxylic acids is 1. The number of nitrogens with one attached hydrogen (secondary N) is 2. The van der Waals surface area contributed by atoms with Gasteiger partial charge in [-0.1, -0.05) is 44.2 Å². The fraction of sp³-hybridized carbons (Fsp3) is 0.529. The highest BCUT2D eigenvalue weighted by Crippen LogP contribution is 1.98. The van der Waals surface area contributed by atoms with Crippen LogP contribution in [0.3, 0.4) is 0 Å². The van der Waals surface area contributed by atoms with Crippen molar-refractivity contribution in [1.82, 2.24) is 15.5 Å². The van der Waals surface area contributed by atoms with Gasteiger partial charge in [-0.25, -0.2) is 4.99 Å². The van der Waals surface area contributed by atoms with Gasteiger partial charge in [0.1, 0.15) is 6.54 Å². The maximum absolute atomic E-state index is 11.6. The molecule has 0 aliphatic heterocycles. The van der Waals surface area contributed by atoms with Crippen LogP contribution in [0.2, 0.25) is 0 Å². The topological polar surface area (TPSA) is 56.7 Å². The Bertz CT molecular complexity index is 469. The first kappa shape index (κ1) is 18.0. The van der Waals surface area contributed by atoms with Crippen LogP contribution >= 0.6 is 0 Å². The van der Waals surface area contributed by atoms with Crippen LogP contribution in [0.5, 0.6) is 0 Å². The zero-order valence-electron chi connectivity index (χ0n) is 14.1. The van der Waals surface area contributed by atoms with Crippen molar-refractivity contribution in [2.45, 2.75) is 20.3 Å². The van der Waals surface area contributed by atoms with Gasteiger partial charge in [0, 0.05) is 27.2 Å². The third-order valence-electron chi connectivity index (χ3n) is 3.10. The number of guanidine groups is 1. The summed E-state index contributed by atoms with van der Waals surface area (Å²) in [6.07, 6.45) is 0.921. The lowest BCUT2D eigenvalue weighted by Gasteiger charge is -2.15. The molecule has 0 aliphatic carbocycles. The Kier molecular flexibility index (Phi) is 8.04. The normalized spacial score (nSPS) is 11.4. The summed E-state index contributed by atoms with van der Waals surface area (Å²) in [5.74, 6) is 1.21. The lowest BCUT2D eigenvalue weighted by molar-refractivity contribution is -0.127. The molecule has 1 amide bonds. The summed E-state index contributed by atoms with van der Waals surface area (Å²) < 4.78 is 0. The standard InChI is InChI=1S/C17H28N4O/c1-14(2)12-19-17(20-13-16(22)21(3)4)18-11-10-15-8-6-5-7-9-15/h5-9,14H,10-13H2,1-4H3,(H2,18,19,20). The van der Waals surface area contributed by atoms with E-state index in [2.05, 4.69) is 41.6 Å². The number of hydrogen-bond acceptors (Lipinski definition) is 2. The summed E-state index contributed by atoms with van der Waals surface area (Å²) in [7, 11) is 3.48. The van der Waals surface area contributed by atoms with Crippen molar-refractivity contribution >= 4 is 11.9 Å². The molecule has 1 aromatic carbocycles. The van der Waals surface area contributed by atoms with Crippen LogP contribution in [0.15, 0.2) is 35.3 Å². The number of benzene rings is 1. The third kappa shape index (κ3) is 7.67. The van der Waals surface area contributed by atoms with E-state index in [1.807, 2.05) is 18.2 Å². The van der Waals surface area contributed by atoms with Crippen LogP contribution in [0.4, 0.5) is 0 Å². The number of nitrogens with zero attached hydrogens (tertiary/aromatic N) is 2. The minimum absolute atomic E-state index is 0.00583. The predicted molar refractivity (Wildman–Crippen MR) is 92.0 cm³/mol. The van der Waals surface area contributed by atoms with E-state index in [1.54, 1.807) is 19.0 Å². The molecule has 0 spiro atoms. The van der Waals surface area contributed by atoms with Crippen LogP contribution < -0.4 is 10.6 Å². The molecule has 0 bridgehead atoms. The first-order valence-electron chi connectivity index (χ1n) is 7.75. The third-order valence-corrected chi connectivity index (χ3v) is 3.10. The summed E-state index contributed by atoms with van der Waals surface area (Å²) in [6, 6.07) is 10.3. The second kappa shape index (κ2) is 9.82. The van der Waals surface area contributed by atoms with Crippen molar-refractivity contribution in [2.75, 3.05) is 33.7 Å². The Morgan fingerprint density at radius 1 is 1.18 bits per heavy atom. The molecule has 5 nitrogen and oxygen atoms in total. The molecule has 0 fully saturated rings. The van der Waals surface area contributed by atoms with E-state index in [9.17, 15) is 4.79 Å². The zero-order chi connectivity index (χ0) is 16.4. The van der Waals surface area contributed by atoms with Gasteiger partial charge in [0.25, 0.3) is 0 Å². The van der Waals surface area contributed by atoms with Gasteiger partial charge >= 0.3 is 0 Å². The van der Waals surface area contributed by atoms with Gasteiger partial charge in [-0.15, -0.1) is 0 Å². The van der Waals surface area contributed by atoms with Gasteiger partial charge in [-0.3, -0.25) is 4.79 Å². The van der Waals surface area contributed by atoms with E-state index >= 15 is 0 Å². The van der Waals surface area contributed by atoms with E-state index < -0.39 is 0 Å². The Balaban J connectivity index is 2.50. The fourth-order valence-electron chi connectivity index (χ4n) is 1.73. The number of carbonyl (C=O) groups is 1. The molecule has 5 heteroatoms. The van der Waals surface area contributed by atoms with Crippen molar-refractivity contribution in [2.24, 2.45) is 10.9 Å². The molecule has 0 saturated heterocycles. The number of rotatable bonds is 7. The molecule has 0 saturated carbocycles. The Hall–Kier alpha value is -2.04. The van der Waals surface area contributed by atoms with Crippen molar-refractivity contribution < 1.29 is 4.79 Å². The molecule has 0 radical (unpaired) electrons. The van der Waals surface area contributed by atoms with Crippen molar-refractivity contribution in [3.63, 3.8) is 0 Å². The SMILES string of the molecule is CC(C)CNC(=NCC(=O)N(C)C)NCCc1ccccc1. The first-order valence-corrected chi connectivity index (χ1v) is 7.75. The number of likely N-dealkylation sites (N-methyl/N-ethyl adjacent to an activating group) is 1. The van der Waals surface area contributed by atoms with Gasteiger partial charge in [0.15, 0.2) is 5.96 Å². The van der Waals surface area contributed by atoms with E-state index in [-0.39, 0.29) is 12.5 Å². The lowest BCUT2D eigenvalue weighted by Crippen LogP contribution is -2.41. The lowest BCUT2D eigenvalue weighted by atomic mass is 10.1. The van der Waals surface area contributed by atoms with Gasteiger partial charge in [-0.05, 0) is 17.9 Å². The van der Waals surface area contributed by atoms with Crippen LogP contribution in [0.25, 0.3) is 0 Å². The fourth-order valence-corrected chi connectivity index (χ4v) is 1.73. The highest BCUT2D eigenvalue weighted by molar-refractivity contribution is 5.84. The summed E-state index contributed by atoms with van der Waals surface area (Å²) in [4.78, 5) is 17.5. The number of aliphatic imine (C=N–C) groups is 1. The summed E-state index contributed by atoms with van der Waals surface area (Å²) >= 11 is 0. The van der Waals surface area contributed by atoms with Crippen LogP contribution in [-0.2, 0) is 11.2 Å². The summed E-state index contributed by atoms with van der Waals surface area (Å²) in [5.41, 5.74) is 1.28. The molecule has 22 heavy (non-hydrogen) atoms. The molecule has 0 aliphatic rings. The molecular formula is C17H28N4O. The van der Waals surface area contributed by atoms with Gasteiger partial charge in [0.2, 0.25) is 5.91 Å². The highest BCUT2D eigenvalue weighted by atomic mass is 16.2. The second-order valence-corrected chi connectivity index (χ2v) is 5.89. The van der Waals surface area contributed by atoms with Crippen LogP contribution in [-0.4, -0.2) is 50.5 Å². The number of amides is 1. The zero-order valence-corrected chi connectivity index (χ0v) is 14.1. The molecular weight excluding hydrogens is 276 g/mol. The highest BCUT2D eigenvalue weighted by Gasteiger charge is 2.05. The van der Waals surface area contributed by atoms with Gasteiger partial charge < -0.3 is 15.5 Å². The van der Waals surface area contributed by atoms with Crippen molar-refractivity contribution in [3.8, 4) is 0 Å². The molecule has 0 aromatic heterocycles. The monoisotopic (exact) mass is 304 g/mol. The second-order valence-electron chi connectivity index (χ2n) is 5.89. The maximum Gasteiger partial charge on any atom is 0.243 e. The van der Waals surface area contributed by atoms with E-state index in [0.29, 0.717) is 11.9 Å². The largest absolute Gasteiger partial charge is 0.356 e. The maximum atomic E-state index is 11.6. The first-order chi connectivity index (χ1) is 10.5. The Morgan fingerprint density at radius 3 is 2.45 bits per heavy atom. The summed E-state index contributed by atoms with van der Waals surface area (Å²) in [5, 5.41) is 6.55. The summed E-state index contributed by atoms with van der Waals surface area (Å²) in [6.45, 7) is 6.04. The number of hydrogen-bond donors (Lipinski definition) is 2. The average Bonchev–Trinajstić information content (AvgIpc) is 2.49. The smallest absolute Gasteiger partial charge is 0.243 e. The van der Waals surface area contributed by atoms with Crippen molar-refractivity contribution in [1.29, 1.82) is 0 Å². The van der Waals surface area contributed by atoms with E-state index in [1.165, 1.54) is 5.56 Å². The predicted octanol–water partition coefficient (Wildman–Crippen LogP) is 1.51. The Morgan fingerprint density at radius 2 is 1.86 bits per heavy atom. The quantitative estimate of drug-likeness (QED) is 0.593. The molecule has 0 unspecified atom stereocenters. The van der Waals surface area contributed by atoms with Gasteiger partial charge in [-0.2, -0.15) is 0 Å². The minimum atomic E-state index is -0.00583. The van der Waals surface area contributed by atoms with E-state index in [0.717, 1.165) is 19.5 Å². The van der Waals surface area contributed by atoms with Crippen LogP contribution in [0.1, 0.15) is 19.4 Å². The molecule has 0 heterocycles. The van der Waals surface area contributed by atoms with Gasteiger partial charge in [0.05, 0.1) is 0 Å². The molecule has 122 valence electrons. The molecule has 1 rings (SSSR count). The van der Waals surface area contributed by atoms with E-state index in [4.69, 9.17) is 0 Å². The van der Waals surface area contributed by atoms with Crippen LogP contribution in [0, 0.1) is 5.92 Å². The molecule has 1 aromatic rings. The Labute approximate surface area is 133 Å². The van der Waals surface area contributed by atoms with Crippen molar-refractivity contribution in [3.05, 3.63) is 35.9 Å². The minimum Gasteiger partial charge on any atom is -0.356 e.